The van der Waals surface area contributed by atoms with Crippen molar-refractivity contribution in [3.8, 4) is 17.2 Å². The predicted octanol–water partition coefficient (Wildman–Crippen LogP) is 4.76. The van der Waals surface area contributed by atoms with Crippen LogP contribution in [0.3, 0.4) is 0 Å². The largest absolute Gasteiger partial charge is 0.496 e. The van der Waals surface area contributed by atoms with Crippen molar-refractivity contribution in [2.45, 2.75) is 52.4 Å². The van der Waals surface area contributed by atoms with Crippen molar-refractivity contribution in [2.24, 2.45) is 5.92 Å². The zero-order chi connectivity index (χ0) is 21.9. The fourth-order valence-corrected chi connectivity index (χ4v) is 3.97. The number of ether oxygens (including phenoxy) is 3. The van der Waals surface area contributed by atoms with Gasteiger partial charge < -0.3 is 19.1 Å². The molecular weight excluding hydrogens is 378 g/mol. The van der Waals surface area contributed by atoms with Crippen molar-refractivity contribution in [3.05, 3.63) is 35.3 Å². The first kappa shape index (κ1) is 22.2. The zero-order valence-electron chi connectivity index (χ0n) is 19.4. The molecule has 1 saturated carbocycles. The van der Waals surface area contributed by atoms with Crippen LogP contribution in [0, 0.1) is 12.8 Å². The Kier molecular flexibility index (Phi) is 6.74. The van der Waals surface area contributed by atoms with Gasteiger partial charge in [-0.3, -0.25) is 0 Å². The van der Waals surface area contributed by atoms with Crippen LogP contribution >= 0.6 is 0 Å². The van der Waals surface area contributed by atoms with Gasteiger partial charge in [0.15, 0.2) is 0 Å². The predicted molar refractivity (Wildman–Crippen MR) is 120 cm³/mol. The number of rotatable bonds is 10. The summed E-state index contributed by atoms with van der Waals surface area (Å²) in [5, 5.41) is 0. The molecule has 1 aromatic carbocycles. The lowest BCUT2D eigenvalue weighted by molar-refractivity contribution is 0.357. The van der Waals surface area contributed by atoms with Crippen LogP contribution in [-0.2, 0) is 5.41 Å². The Balaban J connectivity index is 2.09. The highest BCUT2D eigenvalue weighted by Crippen LogP contribution is 2.45. The van der Waals surface area contributed by atoms with Gasteiger partial charge in [0.25, 0.3) is 0 Å². The van der Waals surface area contributed by atoms with Gasteiger partial charge in [0.1, 0.15) is 28.9 Å². The van der Waals surface area contributed by atoms with Crippen molar-refractivity contribution in [1.29, 1.82) is 0 Å². The van der Waals surface area contributed by atoms with Crippen molar-refractivity contribution in [3.63, 3.8) is 0 Å². The Morgan fingerprint density at radius 3 is 2.13 bits per heavy atom. The first-order valence-corrected chi connectivity index (χ1v) is 10.8. The number of anilines is 1. The Labute approximate surface area is 180 Å². The van der Waals surface area contributed by atoms with Gasteiger partial charge in [-0.15, -0.1) is 0 Å². The van der Waals surface area contributed by atoms with Crippen molar-refractivity contribution < 1.29 is 14.2 Å². The van der Waals surface area contributed by atoms with Gasteiger partial charge >= 0.3 is 0 Å². The van der Waals surface area contributed by atoms with E-state index in [4.69, 9.17) is 24.2 Å². The van der Waals surface area contributed by atoms with Crippen LogP contribution in [-0.4, -0.2) is 44.4 Å². The number of hydrogen-bond acceptors (Lipinski definition) is 6. The number of methoxy groups -OCH3 is 3. The van der Waals surface area contributed by atoms with E-state index in [1.165, 1.54) is 12.8 Å². The normalized spacial score (nSPS) is 13.8. The molecule has 0 N–H and O–H groups in total. The van der Waals surface area contributed by atoms with Crippen LogP contribution in [0.5, 0.6) is 17.2 Å². The summed E-state index contributed by atoms with van der Waals surface area (Å²) < 4.78 is 16.9. The molecule has 164 valence electrons. The highest BCUT2D eigenvalue weighted by molar-refractivity contribution is 5.57. The maximum Gasteiger partial charge on any atom is 0.132 e. The molecule has 1 heterocycles. The number of aryl methyl sites for hydroxylation is 1. The van der Waals surface area contributed by atoms with E-state index >= 15 is 0 Å². The third-order valence-corrected chi connectivity index (χ3v) is 5.80. The minimum atomic E-state index is -0.455. The standard InChI is InChI=1S/C24H35N3O3/c1-8-11-27(15-17-9-10-17)22-14-21(25-16(2)26-22)24(3,4)23-19(29-6)12-18(28-5)13-20(23)30-7/h12-14,17H,8-11,15H2,1-7H3. The van der Waals surface area contributed by atoms with Crippen molar-refractivity contribution in [2.75, 3.05) is 39.3 Å². The monoisotopic (exact) mass is 413 g/mol. The molecule has 1 aliphatic rings. The Bertz CT molecular complexity index is 853. The Morgan fingerprint density at radius 1 is 1.00 bits per heavy atom. The number of hydrogen-bond donors (Lipinski definition) is 0. The number of benzene rings is 1. The second-order valence-corrected chi connectivity index (χ2v) is 8.58. The molecule has 0 aliphatic heterocycles. The molecule has 3 rings (SSSR count). The summed E-state index contributed by atoms with van der Waals surface area (Å²) in [6.07, 6.45) is 3.74. The van der Waals surface area contributed by atoms with Crippen LogP contribution in [0.15, 0.2) is 18.2 Å². The fourth-order valence-electron chi connectivity index (χ4n) is 3.97. The molecule has 1 aromatic heterocycles. The zero-order valence-corrected chi connectivity index (χ0v) is 19.4. The van der Waals surface area contributed by atoms with Gasteiger partial charge in [-0.05, 0) is 46.0 Å². The summed E-state index contributed by atoms with van der Waals surface area (Å²) in [6, 6.07) is 5.92. The first-order valence-electron chi connectivity index (χ1n) is 10.8. The summed E-state index contributed by atoms with van der Waals surface area (Å²) >= 11 is 0. The summed E-state index contributed by atoms with van der Waals surface area (Å²) in [6.45, 7) is 10.5. The molecule has 1 aliphatic carbocycles. The molecule has 2 aromatic rings. The molecular formula is C24H35N3O3. The average Bonchev–Trinajstić information content (AvgIpc) is 3.55. The van der Waals surface area contributed by atoms with Crippen molar-refractivity contribution in [1.82, 2.24) is 9.97 Å². The highest BCUT2D eigenvalue weighted by atomic mass is 16.5. The molecule has 0 spiro atoms. The van der Waals surface area contributed by atoms with Crippen LogP contribution in [0.4, 0.5) is 5.82 Å². The summed E-state index contributed by atoms with van der Waals surface area (Å²) in [4.78, 5) is 12.0. The third-order valence-electron chi connectivity index (χ3n) is 5.80. The lowest BCUT2D eigenvalue weighted by Gasteiger charge is -2.31. The van der Waals surface area contributed by atoms with E-state index in [9.17, 15) is 0 Å². The maximum atomic E-state index is 5.73. The molecule has 0 unspecified atom stereocenters. The van der Waals surface area contributed by atoms with E-state index in [2.05, 4.69) is 31.7 Å². The molecule has 0 atom stereocenters. The maximum absolute atomic E-state index is 5.73. The van der Waals surface area contributed by atoms with Crippen LogP contribution in [0.2, 0.25) is 0 Å². The smallest absolute Gasteiger partial charge is 0.132 e. The molecule has 1 fully saturated rings. The van der Waals surface area contributed by atoms with Crippen LogP contribution in [0.25, 0.3) is 0 Å². The van der Waals surface area contributed by atoms with E-state index in [1.54, 1.807) is 21.3 Å². The van der Waals surface area contributed by atoms with Gasteiger partial charge in [0, 0.05) is 42.3 Å². The van der Waals surface area contributed by atoms with E-state index in [1.807, 2.05) is 19.1 Å². The minimum Gasteiger partial charge on any atom is -0.496 e. The Hall–Kier alpha value is -2.50. The summed E-state index contributed by atoms with van der Waals surface area (Å²) in [5.41, 5.74) is 1.44. The van der Waals surface area contributed by atoms with Crippen LogP contribution < -0.4 is 19.1 Å². The van der Waals surface area contributed by atoms with Gasteiger partial charge in [-0.25, -0.2) is 9.97 Å². The fraction of sp³-hybridized carbons (Fsp3) is 0.583. The summed E-state index contributed by atoms with van der Waals surface area (Å²) in [5.74, 6) is 4.71. The lowest BCUT2D eigenvalue weighted by Crippen LogP contribution is -2.29. The second-order valence-electron chi connectivity index (χ2n) is 8.58. The molecule has 30 heavy (non-hydrogen) atoms. The van der Waals surface area contributed by atoms with E-state index < -0.39 is 5.41 Å². The highest BCUT2D eigenvalue weighted by Gasteiger charge is 2.34. The molecule has 0 radical (unpaired) electrons. The number of nitrogens with zero attached hydrogens (tertiary/aromatic N) is 3. The second kappa shape index (κ2) is 9.11. The topological polar surface area (TPSA) is 56.7 Å². The molecule has 6 nitrogen and oxygen atoms in total. The number of aromatic nitrogens is 2. The molecule has 6 heteroatoms. The first-order chi connectivity index (χ1) is 14.3. The van der Waals surface area contributed by atoms with Crippen LogP contribution in [0.1, 0.15) is 57.1 Å². The van der Waals surface area contributed by atoms with Gasteiger partial charge in [-0.2, -0.15) is 0 Å². The van der Waals surface area contributed by atoms with E-state index in [0.29, 0.717) is 5.75 Å². The van der Waals surface area contributed by atoms with Crippen molar-refractivity contribution >= 4 is 5.82 Å². The molecule has 0 saturated heterocycles. The molecule has 0 amide bonds. The lowest BCUT2D eigenvalue weighted by atomic mass is 9.79. The molecule has 0 bridgehead atoms. The quantitative estimate of drug-likeness (QED) is 0.560. The van der Waals surface area contributed by atoms with Gasteiger partial charge in [0.2, 0.25) is 0 Å². The minimum absolute atomic E-state index is 0.455. The van der Waals surface area contributed by atoms with Gasteiger partial charge in [0.05, 0.1) is 27.0 Å². The van der Waals surface area contributed by atoms with Gasteiger partial charge in [-0.1, -0.05) is 6.92 Å². The SMILES string of the molecule is CCCN(CC1CC1)c1cc(C(C)(C)c2c(OC)cc(OC)cc2OC)nc(C)n1. The average molecular weight is 414 g/mol. The Morgan fingerprint density at radius 2 is 1.63 bits per heavy atom. The third kappa shape index (κ3) is 4.63. The van der Waals surface area contributed by atoms with E-state index in [-0.39, 0.29) is 0 Å². The summed E-state index contributed by atoms with van der Waals surface area (Å²) in [7, 11) is 4.98. The van der Waals surface area contributed by atoms with E-state index in [0.717, 1.165) is 59.8 Å².